The van der Waals surface area contributed by atoms with Crippen LogP contribution in [-0.4, -0.2) is 30.7 Å². The number of nitrogens with zero attached hydrogens (tertiary/aromatic N) is 5. The van der Waals surface area contributed by atoms with E-state index in [0.29, 0.717) is 12.2 Å². The van der Waals surface area contributed by atoms with Gasteiger partial charge in [0.2, 0.25) is 0 Å². The molecule has 0 atom stereocenters. The van der Waals surface area contributed by atoms with Crippen molar-refractivity contribution in [2.75, 3.05) is 0 Å². The fourth-order valence-electron chi connectivity index (χ4n) is 2.35. The first kappa shape index (κ1) is 11.9. The maximum Gasteiger partial charge on any atom is 0.273 e. The van der Waals surface area contributed by atoms with Crippen LogP contribution in [0.25, 0.3) is 0 Å². The molecule has 2 aromatic rings. The molecule has 1 N–H and O–H groups in total. The first-order chi connectivity index (χ1) is 9.24. The minimum atomic E-state index is -0.205. The first-order valence-electron chi connectivity index (χ1n) is 6.42. The van der Waals surface area contributed by atoms with Crippen LogP contribution in [0.4, 0.5) is 0 Å². The Balaban J connectivity index is 1.66. The molecule has 0 unspecified atom stereocenters. The fraction of sp³-hybridized carbons (Fsp3) is 0.500. The molecule has 1 aliphatic heterocycles. The molecule has 2 aromatic heterocycles. The molecular weight excluding hydrogens is 244 g/mol. The van der Waals surface area contributed by atoms with Gasteiger partial charge in [-0.1, -0.05) is 5.21 Å². The lowest BCUT2D eigenvalue weighted by atomic mass is 10.1. The number of aryl methyl sites for hydroxylation is 2. The van der Waals surface area contributed by atoms with Crippen molar-refractivity contribution >= 4 is 5.91 Å². The standard InChI is InChI=1S/C12H16N6O/c1-17-8-10(15-16-17)12(19)13-6-9-7-14-18-5-3-2-4-11(9)18/h7-8H,2-6H2,1H3,(H,13,19). The van der Waals surface area contributed by atoms with Gasteiger partial charge in [-0.3, -0.25) is 14.2 Å². The summed E-state index contributed by atoms with van der Waals surface area (Å²) < 4.78 is 3.55. The summed E-state index contributed by atoms with van der Waals surface area (Å²) >= 11 is 0. The molecule has 1 amide bonds. The Hall–Kier alpha value is -2.18. The van der Waals surface area contributed by atoms with Gasteiger partial charge in [-0.15, -0.1) is 5.10 Å². The molecule has 0 fully saturated rings. The Morgan fingerprint density at radius 1 is 1.47 bits per heavy atom. The van der Waals surface area contributed by atoms with Gasteiger partial charge in [0.25, 0.3) is 5.91 Å². The van der Waals surface area contributed by atoms with E-state index in [1.807, 2.05) is 10.9 Å². The van der Waals surface area contributed by atoms with Gasteiger partial charge >= 0.3 is 0 Å². The van der Waals surface area contributed by atoms with E-state index in [1.54, 1.807) is 13.2 Å². The number of fused-ring (bicyclic) bond motifs is 1. The molecule has 0 aromatic carbocycles. The van der Waals surface area contributed by atoms with Crippen molar-refractivity contribution in [2.45, 2.75) is 32.4 Å². The zero-order valence-corrected chi connectivity index (χ0v) is 10.8. The van der Waals surface area contributed by atoms with Crippen LogP contribution in [0, 0.1) is 0 Å². The van der Waals surface area contributed by atoms with Crippen molar-refractivity contribution in [2.24, 2.45) is 7.05 Å². The highest BCUT2D eigenvalue weighted by atomic mass is 16.2. The first-order valence-corrected chi connectivity index (χ1v) is 6.42. The number of aromatic nitrogens is 5. The van der Waals surface area contributed by atoms with Gasteiger partial charge in [0.15, 0.2) is 5.69 Å². The summed E-state index contributed by atoms with van der Waals surface area (Å²) in [5, 5.41) is 14.7. The smallest absolute Gasteiger partial charge is 0.273 e. The predicted molar refractivity (Wildman–Crippen MR) is 67.3 cm³/mol. The quantitative estimate of drug-likeness (QED) is 0.859. The third-order valence-electron chi connectivity index (χ3n) is 3.34. The van der Waals surface area contributed by atoms with Crippen LogP contribution in [0.2, 0.25) is 0 Å². The van der Waals surface area contributed by atoms with Crippen LogP contribution in [0.1, 0.15) is 34.6 Å². The Morgan fingerprint density at radius 2 is 2.37 bits per heavy atom. The number of nitrogens with one attached hydrogen (secondary N) is 1. The van der Waals surface area contributed by atoms with Gasteiger partial charge in [-0.2, -0.15) is 5.10 Å². The molecule has 3 heterocycles. The molecule has 7 nitrogen and oxygen atoms in total. The van der Waals surface area contributed by atoms with Crippen LogP contribution in [0.15, 0.2) is 12.4 Å². The molecule has 0 saturated heterocycles. The minimum Gasteiger partial charge on any atom is -0.346 e. The average Bonchev–Trinajstić information content (AvgIpc) is 3.02. The molecule has 0 saturated carbocycles. The Bertz CT molecular complexity index is 599. The van der Waals surface area contributed by atoms with Gasteiger partial charge in [0.1, 0.15) is 0 Å². The van der Waals surface area contributed by atoms with Crippen molar-refractivity contribution in [1.82, 2.24) is 30.1 Å². The molecule has 0 bridgehead atoms. The number of hydrogen-bond donors (Lipinski definition) is 1. The second-order valence-corrected chi connectivity index (χ2v) is 4.76. The predicted octanol–water partition coefficient (Wildman–Crippen LogP) is 0.278. The van der Waals surface area contributed by atoms with Crippen LogP contribution in [0.5, 0.6) is 0 Å². The SMILES string of the molecule is Cn1cc(C(=O)NCc2cnn3c2CCCC3)nn1. The average molecular weight is 260 g/mol. The van der Waals surface area contributed by atoms with E-state index in [9.17, 15) is 4.79 Å². The molecule has 0 spiro atoms. The summed E-state index contributed by atoms with van der Waals surface area (Å²) in [6.07, 6.45) is 6.85. The number of rotatable bonds is 3. The molecule has 19 heavy (non-hydrogen) atoms. The highest BCUT2D eigenvalue weighted by Crippen LogP contribution is 2.17. The van der Waals surface area contributed by atoms with E-state index < -0.39 is 0 Å². The zero-order valence-electron chi connectivity index (χ0n) is 10.8. The summed E-state index contributed by atoms with van der Waals surface area (Å²) in [6.45, 7) is 1.47. The molecular formula is C12H16N6O. The third kappa shape index (κ3) is 2.35. The van der Waals surface area contributed by atoms with Gasteiger partial charge in [0, 0.05) is 31.4 Å². The fourth-order valence-corrected chi connectivity index (χ4v) is 2.35. The molecule has 3 rings (SSSR count). The maximum absolute atomic E-state index is 11.9. The number of carbonyl (C=O) groups is 1. The molecule has 7 heteroatoms. The largest absolute Gasteiger partial charge is 0.346 e. The topological polar surface area (TPSA) is 77.6 Å². The zero-order chi connectivity index (χ0) is 13.2. The summed E-state index contributed by atoms with van der Waals surface area (Å²) in [7, 11) is 1.73. The molecule has 1 aliphatic rings. The van der Waals surface area contributed by atoms with Crippen molar-refractivity contribution in [3.8, 4) is 0 Å². The number of hydrogen-bond acceptors (Lipinski definition) is 4. The number of carbonyl (C=O) groups excluding carboxylic acids is 1. The van der Waals surface area contributed by atoms with Crippen LogP contribution >= 0.6 is 0 Å². The van der Waals surface area contributed by atoms with Crippen LogP contribution in [-0.2, 0) is 26.6 Å². The van der Waals surface area contributed by atoms with Gasteiger partial charge < -0.3 is 5.32 Å². The monoisotopic (exact) mass is 260 g/mol. The maximum atomic E-state index is 11.9. The summed E-state index contributed by atoms with van der Waals surface area (Å²) in [5.41, 5.74) is 2.67. The van der Waals surface area contributed by atoms with Crippen molar-refractivity contribution in [3.63, 3.8) is 0 Å². The van der Waals surface area contributed by atoms with E-state index in [2.05, 4.69) is 20.7 Å². The van der Waals surface area contributed by atoms with E-state index in [0.717, 1.165) is 18.5 Å². The second-order valence-electron chi connectivity index (χ2n) is 4.76. The van der Waals surface area contributed by atoms with E-state index in [4.69, 9.17) is 0 Å². The highest BCUT2D eigenvalue weighted by molar-refractivity contribution is 5.91. The van der Waals surface area contributed by atoms with Gasteiger partial charge in [0.05, 0.1) is 12.4 Å². The van der Waals surface area contributed by atoms with Crippen molar-refractivity contribution < 1.29 is 4.79 Å². The Labute approximate surface area is 110 Å². The lowest BCUT2D eigenvalue weighted by molar-refractivity contribution is 0.0945. The second kappa shape index (κ2) is 4.83. The van der Waals surface area contributed by atoms with Gasteiger partial charge in [-0.25, -0.2) is 0 Å². The molecule has 100 valence electrons. The summed E-state index contributed by atoms with van der Waals surface area (Å²) in [4.78, 5) is 11.9. The Kier molecular flexibility index (Phi) is 3.02. The Morgan fingerprint density at radius 3 is 3.16 bits per heavy atom. The van der Waals surface area contributed by atoms with E-state index >= 15 is 0 Å². The van der Waals surface area contributed by atoms with Gasteiger partial charge in [-0.05, 0) is 19.3 Å². The summed E-state index contributed by atoms with van der Waals surface area (Å²) in [5.74, 6) is -0.205. The molecule has 0 radical (unpaired) electrons. The number of amides is 1. The lowest BCUT2D eigenvalue weighted by Gasteiger charge is -2.14. The third-order valence-corrected chi connectivity index (χ3v) is 3.34. The van der Waals surface area contributed by atoms with Crippen molar-refractivity contribution in [1.29, 1.82) is 0 Å². The lowest BCUT2D eigenvalue weighted by Crippen LogP contribution is -2.24. The summed E-state index contributed by atoms with van der Waals surface area (Å²) in [6, 6.07) is 0. The van der Waals surface area contributed by atoms with Crippen LogP contribution in [0.3, 0.4) is 0 Å². The van der Waals surface area contributed by atoms with E-state index in [1.165, 1.54) is 23.2 Å². The van der Waals surface area contributed by atoms with Crippen molar-refractivity contribution in [3.05, 3.63) is 29.3 Å². The molecule has 0 aliphatic carbocycles. The normalized spacial score (nSPS) is 14.2. The van der Waals surface area contributed by atoms with E-state index in [-0.39, 0.29) is 5.91 Å². The highest BCUT2D eigenvalue weighted by Gasteiger charge is 2.16. The minimum absolute atomic E-state index is 0.205. The van der Waals surface area contributed by atoms with Crippen LogP contribution < -0.4 is 5.32 Å².